The molecule has 2 aromatic carbocycles. The zero-order chi connectivity index (χ0) is 10.5. The van der Waals surface area contributed by atoms with Crippen LogP contribution in [0, 0.1) is 0 Å². The van der Waals surface area contributed by atoms with Gasteiger partial charge in [0.2, 0.25) is 0 Å². The molecule has 0 fully saturated rings. The molecule has 2 aliphatic rings. The highest BCUT2D eigenvalue weighted by molar-refractivity contribution is 5.81. The second kappa shape index (κ2) is 2.72. The van der Waals surface area contributed by atoms with E-state index in [1.54, 1.807) is 0 Å². The Bertz CT molecular complexity index is 776. The predicted octanol–water partition coefficient (Wildman–Crippen LogP) is -0.740. The van der Waals surface area contributed by atoms with E-state index in [0.29, 0.717) is 13.3 Å². The van der Waals surface area contributed by atoms with Crippen molar-refractivity contribution in [1.29, 1.82) is 0 Å². The first-order valence-corrected chi connectivity index (χ1v) is 5.23. The van der Waals surface area contributed by atoms with Crippen molar-refractivity contribution >= 4 is 10.8 Å². The summed E-state index contributed by atoms with van der Waals surface area (Å²) >= 11 is 0. The smallest absolute Gasteiger partial charge is 0.130 e. The highest BCUT2D eigenvalue weighted by Gasteiger charge is 2.06. The predicted molar refractivity (Wildman–Crippen MR) is 58.3 cm³/mol. The molecule has 0 atom stereocenters. The zero-order valence-corrected chi connectivity index (χ0v) is 8.51. The minimum absolute atomic E-state index is 0.549. The molecule has 2 aromatic rings. The second-order valence-electron chi connectivity index (χ2n) is 3.88. The molecule has 0 N–H and O–H groups in total. The molecule has 0 aromatic heterocycles. The van der Waals surface area contributed by atoms with Crippen LogP contribution in [-0.4, -0.2) is 13.3 Å². The van der Waals surface area contributed by atoms with Gasteiger partial charge in [-0.3, -0.25) is 20.0 Å². The molecule has 0 radical (unpaired) electrons. The van der Waals surface area contributed by atoms with Crippen LogP contribution in [0.4, 0.5) is 0 Å². The van der Waals surface area contributed by atoms with E-state index in [4.69, 9.17) is 0 Å². The highest BCUT2D eigenvalue weighted by atomic mass is 15.0. The summed E-state index contributed by atoms with van der Waals surface area (Å²) in [6, 6.07) is 8.17. The van der Waals surface area contributed by atoms with Gasteiger partial charge in [0.1, 0.15) is 13.3 Å². The minimum Gasteiger partial charge on any atom is -0.260 e. The van der Waals surface area contributed by atoms with Crippen molar-refractivity contribution in [2.75, 3.05) is 13.3 Å². The first-order chi connectivity index (χ1) is 7.93. The van der Waals surface area contributed by atoms with Crippen LogP contribution in [0.15, 0.2) is 44.2 Å². The summed E-state index contributed by atoms with van der Waals surface area (Å²) in [6.07, 6.45) is 0. The van der Waals surface area contributed by atoms with Gasteiger partial charge in [0.05, 0.1) is 21.4 Å². The Morgan fingerprint density at radius 1 is 0.625 bits per heavy atom. The topological polar surface area (TPSA) is 49.4 Å². The van der Waals surface area contributed by atoms with Gasteiger partial charge in [0.15, 0.2) is 0 Å². The van der Waals surface area contributed by atoms with Crippen LogP contribution in [0.5, 0.6) is 0 Å². The third kappa shape index (κ3) is 0.888. The van der Waals surface area contributed by atoms with E-state index in [1.807, 2.05) is 12.1 Å². The third-order valence-electron chi connectivity index (χ3n) is 3.04. The van der Waals surface area contributed by atoms with Crippen molar-refractivity contribution in [2.24, 2.45) is 20.0 Å². The molecule has 0 aliphatic carbocycles. The number of benzene rings is 2. The van der Waals surface area contributed by atoms with Crippen molar-refractivity contribution in [3.8, 4) is 0 Å². The number of nitrogens with zero attached hydrogens (tertiary/aromatic N) is 4. The summed E-state index contributed by atoms with van der Waals surface area (Å²) in [7, 11) is 0. The van der Waals surface area contributed by atoms with Gasteiger partial charge in [0, 0.05) is 10.8 Å². The maximum Gasteiger partial charge on any atom is 0.130 e. The Morgan fingerprint density at radius 2 is 1.12 bits per heavy atom. The van der Waals surface area contributed by atoms with Crippen molar-refractivity contribution < 1.29 is 0 Å². The molecule has 0 unspecified atom stereocenters. The number of hydrogen-bond donors (Lipinski definition) is 0. The van der Waals surface area contributed by atoms with Crippen LogP contribution >= 0.6 is 0 Å². The Kier molecular flexibility index (Phi) is 1.38. The Hall–Kier alpha value is -2.10. The molecule has 4 nitrogen and oxygen atoms in total. The lowest BCUT2D eigenvalue weighted by molar-refractivity contribution is 1.06. The van der Waals surface area contributed by atoms with E-state index in [9.17, 15) is 0 Å². The van der Waals surface area contributed by atoms with Gasteiger partial charge in [-0.15, -0.1) is 0 Å². The minimum atomic E-state index is 0.549. The largest absolute Gasteiger partial charge is 0.260 e. The molecule has 0 spiro atoms. The van der Waals surface area contributed by atoms with Crippen LogP contribution in [0.3, 0.4) is 0 Å². The van der Waals surface area contributed by atoms with Crippen LogP contribution in [0.25, 0.3) is 10.8 Å². The molecule has 4 heteroatoms. The Labute approximate surface area is 90.4 Å². The van der Waals surface area contributed by atoms with E-state index in [0.717, 1.165) is 32.2 Å². The molecule has 0 bridgehead atoms. The second-order valence-corrected chi connectivity index (χ2v) is 3.88. The Balaban J connectivity index is 2.41. The van der Waals surface area contributed by atoms with Gasteiger partial charge in [-0.25, -0.2) is 0 Å². The fourth-order valence-electron chi connectivity index (χ4n) is 2.30. The number of rotatable bonds is 0. The van der Waals surface area contributed by atoms with E-state index < -0.39 is 0 Å². The van der Waals surface area contributed by atoms with Gasteiger partial charge >= 0.3 is 0 Å². The summed E-state index contributed by atoms with van der Waals surface area (Å²) < 4.78 is 0. The van der Waals surface area contributed by atoms with Crippen molar-refractivity contribution in [1.82, 2.24) is 0 Å². The number of hydrogen-bond acceptors (Lipinski definition) is 4. The first-order valence-electron chi connectivity index (χ1n) is 5.23. The highest BCUT2D eigenvalue weighted by Crippen LogP contribution is 2.02. The lowest BCUT2D eigenvalue weighted by atomic mass is 10.1. The van der Waals surface area contributed by atoms with Crippen LogP contribution in [-0.2, 0) is 0 Å². The summed E-state index contributed by atoms with van der Waals surface area (Å²) in [6.45, 7) is 1.10. The molecule has 4 rings (SSSR count). The SMILES string of the molecule is c1cc2c3c(ccc2c2c1=NCN=2)=NCN=3. The van der Waals surface area contributed by atoms with Crippen molar-refractivity contribution in [2.45, 2.75) is 0 Å². The molecule has 76 valence electrons. The number of fused-ring (bicyclic) bond motifs is 5. The summed E-state index contributed by atoms with van der Waals surface area (Å²) in [5, 5.41) is 6.26. The van der Waals surface area contributed by atoms with Gasteiger partial charge in [-0.2, -0.15) is 0 Å². The molecular weight excluding hydrogens is 200 g/mol. The zero-order valence-electron chi connectivity index (χ0n) is 8.51. The quantitative estimate of drug-likeness (QED) is 0.547. The fourth-order valence-corrected chi connectivity index (χ4v) is 2.30. The van der Waals surface area contributed by atoms with Crippen LogP contribution in [0.1, 0.15) is 0 Å². The van der Waals surface area contributed by atoms with E-state index >= 15 is 0 Å². The van der Waals surface area contributed by atoms with Gasteiger partial charge in [-0.1, -0.05) is 0 Å². The average Bonchev–Trinajstić information content (AvgIpc) is 2.96. The maximum absolute atomic E-state index is 4.41. The molecule has 0 saturated heterocycles. The normalized spacial score (nSPS) is 15.8. The average molecular weight is 208 g/mol. The summed E-state index contributed by atoms with van der Waals surface area (Å²) in [4.78, 5) is 17.5. The van der Waals surface area contributed by atoms with E-state index in [-0.39, 0.29) is 0 Å². The maximum atomic E-state index is 4.41. The summed E-state index contributed by atoms with van der Waals surface area (Å²) in [5.41, 5.74) is 0. The van der Waals surface area contributed by atoms with E-state index in [2.05, 4.69) is 32.1 Å². The molecular formula is C12H8N4. The Morgan fingerprint density at radius 3 is 1.62 bits per heavy atom. The van der Waals surface area contributed by atoms with Gasteiger partial charge in [-0.05, 0) is 24.3 Å². The van der Waals surface area contributed by atoms with E-state index in [1.165, 1.54) is 0 Å². The summed E-state index contributed by atoms with van der Waals surface area (Å²) in [5.74, 6) is 0. The monoisotopic (exact) mass is 208 g/mol. The lowest BCUT2D eigenvalue weighted by Crippen LogP contribution is -2.28. The van der Waals surface area contributed by atoms with Gasteiger partial charge < -0.3 is 0 Å². The molecule has 0 saturated carbocycles. The first kappa shape index (κ1) is 8.10. The van der Waals surface area contributed by atoms with Gasteiger partial charge in [0.25, 0.3) is 0 Å². The molecule has 16 heavy (non-hydrogen) atoms. The van der Waals surface area contributed by atoms with Crippen LogP contribution < -0.4 is 21.4 Å². The van der Waals surface area contributed by atoms with Crippen molar-refractivity contribution in [3.05, 3.63) is 45.7 Å². The van der Waals surface area contributed by atoms with Crippen LogP contribution in [0.2, 0.25) is 0 Å². The standard InChI is InChI=1S/C12H8N4/c1-3-9-12(16-5-13-9)8-2-4-10-11(7(1)8)15-6-14-10/h1-4H,5-6H2. The fraction of sp³-hybridized carbons (Fsp3) is 0.167. The molecule has 2 heterocycles. The molecule has 2 aliphatic heterocycles. The lowest BCUT2D eigenvalue weighted by Gasteiger charge is -1.95. The molecule has 0 amide bonds. The van der Waals surface area contributed by atoms with Crippen molar-refractivity contribution in [3.63, 3.8) is 0 Å². The third-order valence-corrected chi connectivity index (χ3v) is 3.04.